The molecular formula is C12H8Cl2N2S2. The molecule has 0 bridgehead atoms. The van der Waals surface area contributed by atoms with Crippen LogP contribution in [0.4, 0.5) is 5.13 Å². The summed E-state index contributed by atoms with van der Waals surface area (Å²) in [5, 5.41) is 4.91. The highest BCUT2D eigenvalue weighted by Gasteiger charge is 2.04. The van der Waals surface area contributed by atoms with Crippen LogP contribution >= 0.6 is 45.9 Å². The highest BCUT2D eigenvalue weighted by atomic mass is 35.5. The molecule has 3 aromatic rings. The van der Waals surface area contributed by atoms with E-state index >= 15 is 0 Å². The van der Waals surface area contributed by atoms with Crippen molar-refractivity contribution < 1.29 is 0 Å². The van der Waals surface area contributed by atoms with E-state index in [1.807, 2.05) is 30.3 Å². The Labute approximate surface area is 122 Å². The number of thiophene rings is 1. The largest absolute Gasteiger partial charge is 0.357 e. The van der Waals surface area contributed by atoms with Gasteiger partial charge >= 0.3 is 0 Å². The van der Waals surface area contributed by atoms with Gasteiger partial charge in [-0.1, -0.05) is 34.5 Å². The Morgan fingerprint density at radius 1 is 1.11 bits per heavy atom. The smallest absolute Gasteiger partial charge is 0.184 e. The van der Waals surface area contributed by atoms with Crippen LogP contribution in [0, 0.1) is 0 Å². The molecule has 18 heavy (non-hydrogen) atoms. The molecule has 3 rings (SSSR count). The molecule has 6 heteroatoms. The third-order valence-corrected chi connectivity index (χ3v) is 4.85. The van der Waals surface area contributed by atoms with E-state index in [9.17, 15) is 0 Å². The van der Waals surface area contributed by atoms with Crippen molar-refractivity contribution in [3.8, 4) is 0 Å². The summed E-state index contributed by atoms with van der Waals surface area (Å²) in [6.45, 7) is 0.741. The SMILES string of the molecule is Clc1ccc2sc(NCc3ccc(Cl)s3)nc2c1. The van der Waals surface area contributed by atoms with Crippen LogP contribution in [0.1, 0.15) is 4.88 Å². The number of nitrogens with zero attached hydrogens (tertiary/aromatic N) is 1. The number of rotatable bonds is 3. The molecule has 0 aliphatic carbocycles. The number of fused-ring (bicyclic) bond motifs is 1. The van der Waals surface area contributed by atoms with E-state index in [1.165, 1.54) is 4.88 Å². The Morgan fingerprint density at radius 2 is 2.00 bits per heavy atom. The molecule has 0 radical (unpaired) electrons. The number of halogens is 2. The number of benzene rings is 1. The van der Waals surface area contributed by atoms with Gasteiger partial charge < -0.3 is 5.32 Å². The summed E-state index contributed by atoms with van der Waals surface area (Å²) in [5.41, 5.74) is 0.930. The average Bonchev–Trinajstić information content (AvgIpc) is 2.92. The number of hydrogen-bond acceptors (Lipinski definition) is 4. The molecule has 1 aromatic carbocycles. The highest BCUT2D eigenvalue weighted by molar-refractivity contribution is 7.22. The molecule has 0 atom stereocenters. The normalized spacial score (nSPS) is 11.0. The predicted molar refractivity (Wildman–Crippen MR) is 81.3 cm³/mol. The lowest BCUT2D eigenvalue weighted by Gasteiger charge is -1.98. The van der Waals surface area contributed by atoms with Gasteiger partial charge in [0.15, 0.2) is 5.13 Å². The third kappa shape index (κ3) is 2.62. The van der Waals surface area contributed by atoms with Gasteiger partial charge in [-0.2, -0.15) is 0 Å². The molecule has 0 aliphatic heterocycles. The number of aromatic nitrogens is 1. The number of thiazole rings is 1. The first-order valence-corrected chi connectivity index (χ1v) is 7.64. The Balaban J connectivity index is 1.78. The highest BCUT2D eigenvalue weighted by Crippen LogP contribution is 2.29. The van der Waals surface area contributed by atoms with E-state index in [0.717, 1.165) is 26.2 Å². The van der Waals surface area contributed by atoms with Gasteiger partial charge in [0.25, 0.3) is 0 Å². The minimum absolute atomic E-state index is 0.712. The van der Waals surface area contributed by atoms with Crippen molar-refractivity contribution in [3.63, 3.8) is 0 Å². The fourth-order valence-corrected chi connectivity index (χ4v) is 3.62. The van der Waals surface area contributed by atoms with Gasteiger partial charge in [-0.25, -0.2) is 4.98 Å². The van der Waals surface area contributed by atoms with Crippen LogP contribution in [0.2, 0.25) is 9.36 Å². The van der Waals surface area contributed by atoms with E-state index in [-0.39, 0.29) is 0 Å². The van der Waals surface area contributed by atoms with E-state index in [4.69, 9.17) is 23.2 Å². The summed E-state index contributed by atoms with van der Waals surface area (Å²) in [4.78, 5) is 5.68. The van der Waals surface area contributed by atoms with Gasteiger partial charge in [-0.3, -0.25) is 0 Å². The molecule has 2 aromatic heterocycles. The van der Waals surface area contributed by atoms with Gasteiger partial charge in [0, 0.05) is 9.90 Å². The van der Waals surface area contributed by atoms with Crippen molar-refractivity contribution in [1.82, 2.24) is 4.98 Å². The zero-order chi connectivity index (χ0) is 12.5. The lowest BCUT2D eigenvalue weighted by molar-refractivity contribution is 1.18. The van der Waals surface area contributed by atoms with Crippen molar-refractivity contribution in [2.24, 2.45) is 0 Å². The predicted octanol–water partition coefficient (Wildman–Crippen LogP) is 5.28. The molecular weight excluding hydrogens is 307 g/mol. The van der Waals surface area contributed by atoms with Gasteiger partial charge in [-0.15, -0.1) is 11.3 Å². The Hall–Kier alpha value is -0.810. The summed E-state index contributed by atoms with van der Waals surface area (Å²) >= 11 is 15.0. The van der Waals surface area contributed by atoms with Crippen LogP contribution in [0.3, 0.4) is 0 Å². The average molecular weight is 315 g/mol. The maximum Gasteiger partial charge on any atom is 0.184 e. The van der Waals surface area contributed by atoms with E-state index in [0.29, 0.717) is 5.02 Å². The second-order valence-corrected chi connectivity index (χ2v) is 6.96. The summed E-state index contributed by atoms with van der Waals surface area (Å²) in [5.74, 6) is 0. The topological polar surface area (TPSA) is 24.9 Å². The standard InChI is InChI=1S/C12H8Cl2N2S2/c13-7-1-3-10-9(5-7)16-12(18-10)15-6-8-2-4-11(14)17-8/h1-5H,6H2,(H,15,16). The lowest BCUT2D eigenvalue weighted by atomic mass is 10.3. The molecule has 1 N–H and O–H groups in total. The number of hydrogen-bond donors (Lipinski definition) is 1. The van der Waals surface area contributed by atoms with Crippen LogP contribution in [0.25, 0.3) is 10.2 Å². The lowest BCUT2D eigenvalue weighted by Crippen LogP contribution is -1.95. The van der Waals surface area contributed by atoms with Crippen LogP contribution in [-0.2, 0) is 6.54 Å². The fraction of sp³-hybridized carbons (Fsp3) is 0.0833. The van der Waals surface area contributed by atoms with Crippen molar-refractivity contribution in [1.29, 1.82) is 0 Å². The summed E-state index contributed by atoms with van der Waals surface area (Å²) in [7, 11) is 0. The minimum atomic E-state index is 0.712. The first-order chi connectivity index (χ1) is 8.70. The number of anilines is 1. The minimum Gasteiger partial charge on any atom is -0.357 e. The molecule has 0 saturated carbocycles. The van der Waals surface area contributed by atoms with Crippen molar-refractivity contribution in [2.45, 2.75) is 6.54 Å². The number of nitrogens with one attached hydrogen (secondary N) is 1. The van der Waals surface area contributed by atoms with Crippen molar-refractivity contribution in [2.75, 3.05) is 5.32 Å². The van der Waals surface area contributed by atoms with Crippen LogP contribution in [0.15, 0.2) is 30.3 Å². The quantitative estimate of drug-likeness (QED) is 0.711. The van der Waals surface area contributed by atoms with Crippen LogP contribution in [0.5, 0.6) is 0 Å². The van der Waals surface area contributed by atoms with Gasteiger partial charge in [-0.05, 0) is 30.3 Å². The molecule has 0 saturated heterocycles. The second-order valence-electron chi connectivity index (χ2n) is 3.69. The monoisotopic (exact) mass is 314 g/mol. The Morgan fingerprint density at radius 3 is 2.78 bits per heavy atom. The zero-order valence-electron chi connectivity index (χ0n) is 9.11. The van der Waals surface area contributed by atoms with Crippen molar-refractivity contribution >= 4 is 61.2 Å². The molecule has 92 valence electrons. The Kier molecular flexibility index (Phi) is 3.43. The fourth-order valence-electron chi connectivity index (χ4n) is 1.59. The van der Waals surface area contributed by atoms with Gasteiger partial charge in [0.1, 0.15) is 0 Å². The molecule has 0 amide bonds. The van der Waals surface area contributed by atoms with Gasteiger partial charge in [0.2, 0.25) is 0 Å². The molecule has 2 heterocycles. The van der Waals surface area contributed by atoms with E-state index in [1.54, 1.807) is 22.7 Å². The van der Waals surface area contributed by atoms with Crippen LogP contribution < -0.4 is 5.32 Å². The van der Waals surface area contributed by atoms with Crippen molar-refractivity contribution in [3.05, 3.63) is 44.6 Å². The zero-order valence-corrected chi connectivity index (χ0v) is 12.3. The molecule has 0 fully saturated rings. The first-order valence-electron chi connectivity index (χ1n) is 5.25. The maximum absolute atomic E-state index is 5.93. The van der Waals surface area contributed by atoms with Gasteiger partial charge in [0.05, 0.1) is 21.1 Å². The molecule has 0 unspecified atom stereocenters. The molecule has 0 spiro atoms. The maximum atomic E-state index is 5.93. The summed E-state index contributed by atoms with van der Waals surface area (Å²) < 4.78 is 1.94. The van der Waals surface area contributed by atoms with Crippen LogP contribution in [-0.4, -0.2) is 4.98 Å². The van der Waals surface area contributed by atoms with E-state index in [2.05, 4.69) is 10.3 Å². The first kappa shape index (κ1) is 12.2. The third-order valence-electron chi connectivity index (χ3n) is 2.39. The molecule has 0 aliphatic rings. The summed E-state index contributed by atoms with van der Waals surface area (Å²) in [6, 6.07) is 9.67. The van der Waals surface area contributed by atoms with E-state index < -0.39 is 0 Å². The second kappa shape index (κ2) is 5.05. The Bertz CT molecular complexity index is 690. The summed E-state index contributed by atoms with van der Waals surface area (Å²) in [6.07, 6.45) is 0. The molecule has 2 nitrogen and oxygen atoms in total.